The van der Waals surface area contributed by atoms with Crippen molar-refractivity contribution in [3.8, 4) is 0 Å². The third-order valence-corrected chi connectivity index (χ3v) is 10.8. The van der Waals surface area contributed by atoms with E-state index in [0.717, 1.165) is 0 Å². The summed E-state index contributed by atoms with van der Waals surface area (Å²) >= 11 is 3.73. The zero-order valence-corrected chi connectivity index (χ0v) is 31.1. The molecule has 2 N–H and O–H groups in total. The molecule has 3 heterocycles. The molecule has 1 aromatic carbocycles. The average Bonchev–Trinajstić information content (AvgIpc) is 3.64. The lowest BCUT2D eigenvalue weighted by atomic mass is 9.70. The van der Waals surface area contributed by atoms with Crippen molar-refractivity contribution in [1.29, 1.82) is 0 Å². The standard InChI is InChI=1S/C37H52BrN3O8/c1-9-11-17-27(43)39-25(21-47-8)30(23-15-13-12-14-16-23)48-35(46)28-29-33(44)41(26(20-42)22(3)4)32(37(29)19-24(38)31(28)49-37)34(45)40(18-10-2)36(5,6)7/h9-10,12-16,22,24-26,28-32,42H,1-2,11,17-21H2,3-8H3,(H,39,43)/t24?,25-,26-,28-,29+,30-,31-,32-,37+/m0/s1. The Labute approximate surface area is 298 Å². The van der Waals surface area contributed by atoms with E-state index in [1.165, 1.54) is 12.0 Å². The van der Waals surface area contributed by atoms with Gasteiger partial charge in [-0.05, 0) is 45.1 Å². The first-order chi connectivity index (χ1) is 23.2. The highest BCUT2D eigenvalue weighted by Gasteiger charge is 2.78. The van der Waals surface area contributed by atoms with Crippen LogP contribution >= 0.6 is 15.9 Å². The third kappa shape index (κ3) is 7.52. The number of hydrogen-bond donors (Lipinski definition) is 2. The Bertz CT molecular complexity index is 1380. The Balaban J connectivity index is 1.78. The van der Waals surface area contributed by atoms with E-state index >= 15 is 0 Å². The number of carbonyl (C=O) groups is 4. The lowest BCUT2D eigenvalue weighted by molar-refractivity contribution is -0.164. The molecular weight excluding hydrogens is 694 g/mol. The van der Waals surface area contributed by atoms with Gasteiger partial charge in [-0.3, -0.25) is 19.2 Å². The fraction of sp³-hybridized carbons (Fsp3) is 0.622. The predicted molar refractivity (Wildman–Crippen MR) is 188 cm³/mol. The number of carbonyl (C=O) groups excluding carboxylic acids is 4. The van der Waals surface area contributed by atoms with Crippen LogP contribution in [0, 0.1) is 17.8 Å². The van der Waals surface area contributed by atoms with E-state index in [9.17, 15) is 24.3 Å². The number of fused-ring (bicyclic) bond motifs is 1. The van der Waals surface area contributed by atoms with Gasteiger partial charge in [0.1, 0.15) is 17.7 Å². The summed E-state index contributed by atoms with van der Waals surface area (Å²) in [6.07, 6.45) is 2.56. The molecule has 0 saturated carbocycles. The van der Waals surface area contributed by atoms with Crippen molar-refractivity contribution in [1.82, 2.24) is 15.1 Å². The highest BCUT2D eigenvalue weighted by molar-refractivity contribution is 9.09. The molecule has 1 unspecified atom stereocenters. The van der Waals surface area contributed by atoms with Gasteiger partial charge in [-0.1, -0.05) is 72.3 Å². The van der Waals surface area contributed by atoms with Gasteiger partial charge in [0, 0.05) is 30.4 Å². The summed E-state index contributed by atoms with van der Waals surface area (Å²) in [6, 6.07) is 6.51. The Kier molecular flexibility index (Phi) is 12.5. The van der Waals surface area contributed by atoms with Crippen molar-refractivity contribution < 1.29 is 38.5 Å². The normalized spacial score (nSPS) is 27.7. The number of esters is 1. The maximum absolute atomic E-state index is 14.7. The molecule has 4 rings (SSSR count). The van der Waals surface area contributed by atoms with Crippen LogP contribution in [-0.2, 0) is 33.4 Å². The zero-order valence-electron chi connectivity index (χ0n) is 29.5. The van der Waals surface area contributed by atoms with E-state index < -0.39 is 65.2 Å². The van der Waals surface area contributed by atoms with Gasteiger partial charge in [0.2, 0.25) is 17.7 Å². The highest BCUT2D eigenvalue weighted by atomic mass is 79.9. The van der Waals surface area contributed by atoms with Gasteiger partial charge in [0.25, 0.3) is 0 Å². The van der Waals surface area contributed by atoms with Gasteiger partial charge in [-0.15, -0.1) is 13.2 Å². The molecule has 11 nitrogen and oxygen atoms in total. The number of ether oxygens (including phenoxy) is 3. The van der Waals surface area contributed by atoms with Crippen LogP contribution < -0.4 is 5.32 Å². The van der Waals surface area contributed by atoms with Crippen LogP contribution in [0.4, 0.5) is 0 Å². The summed E-state index contributed by atoms with van der Waals surface area (Å²) in [5.41, 5.74) is -1.34. The van der Waals surface area contributed by atoms with Gasteiger partial charge in [-0.25, -0.2) is 0 Å². The van der Waals surface area contributed by atoms with Gasteiger partial charge in [-0.2, -0.15) is 0 Å². The number of nitrogens with zero attached hydrogens (tertiary/aromatic N) is 2. The van der Waals surface area contributed by atoms with Gasteiger partial charge in [0.05, 0.1) is 43.2 Å². The largest absolute Gasteiger partial charge is 0.455 e. The van der Waals surface area contributed by atoms with Crippen LogP contribution in [0.5, 0.6) is 0 Å². The third-order valence-electron chi connectivity index (χ3n) is 9.94. The van der Waals surface area contributed by atoms with Crippen molar-refractivity contribution in [2.75, 3.05) is 26.9 Å². The molecule has 3 fully saturated rings. The maximum atomic E-state index is 14.7. The van der Waals surface area contributed by atoms with Crippen LogP contribution in [0.25, 0.3) is 0 Å². The Morgan fingerprint density at radius 3 is 2.43 bits per heavy atom. The first kappa shape index (κ1) is 38.7. The molecule has 3 amide bonds. The summed E-state index contributed by atoms with van der Waals surface area (Å²) in [5.74, 6) is -3.99. The number of hydrogen-bond acceptors (Lipinski definition) is 8. The highest BCUT2D eigenvalue weighted by Crippen LogP contribution is 2.61. The number of methoxy groups -OCH3 is 1. The molecule has 3 saturated heterocycles. The van der Waals surface area contributed by atoms with Gasteiger partial charge in [0.15, 0.2) is 0 Å². The predicted octanol–water partition coefficient (Wildman–Crippen LogP) is 3.95. The van der Waals surface area contributed by atoms with Crippen molar-refractivity contribution in [3.63, 3.8) is 0 Å². The second kappa shape index (κ2) is 15.9. The van der Waals surface area contributed by atoms with E-state index in [0.29, 0.717) is 18.4 Å². The number of allylic oxidation sites excluding steroid dienone is 1. The van der Waals surface area contributed by atoms with Crippen molar-refractivity contribution in [2.45, 2.75) is 100 Å². The summed E-state index contributed by atoms with van der Waals surface area (Å²) in [7, 11) is 1.50. The minimum atomic E-state index is -1.35. The number of aliphatic hydroxyl groups is 1. The molecule has 270 valence electrons. The van der Waals surface area contributed by atoms with Crippen LogP contribution in [-0.4, -0.2) is 106 Å². The van der Waals surface area contributed by atoms with E-state index in [2.05, 4.69) is 34.4 Å². The number of benzene rings is 1. The summed E-state index contributed by atoms with van der Waals surface area (Å²) < 4.78 is 18.5. The molecule has 0 aromatic heterocycles. The topological polar surface area (TPSA) is 135 Å². The Morgan fingerprint density at radius 1 is 1.20 bits per heavy atom. The molecule has 12 heteroatoms. The molecule has 1 spiro atoms. The first-order valence-electron chi connectivity index (χ1n) is 17.0. The SMILES string of the molecule is C=CCCC(=O)N[C@@H](COC)[C@@H](OC(=O)[C@@H]1[C@H]2O[C@@]3(CC2Br)[C@H](C(=O)N(CC=C)C(C)(C)C)N([C@@H](CO)C(C)C)C(=O)[C@@H]13)c1ccccc1. The molecule has 0 aliphatic carbocycles. The summed E-state index contributed by atoms with van der Waals surface area (Å²) in [4.78, 5) is 59.6. The van der Waals surface area contributed by atoms with Gasteiger partial charge < -0.3 is 34.4 Å². The summed E-state index contributed by atoms with van der Waals surface area (Å²) in [5, 5.41) is 13.5. The molecule has 1 aromatic rings. The van der Waals surface area contributed by atoms with Crippen LogP contribution in [0.2, 0.25) is 0 Å². The van der Waals surface area contributed by atoms with E-state index in [-0.39, 0.29) is 48.7 Å². The average molecular weight is 747 g/mol. The number of rotatable bonds is 16. The van der Waals surface area contributed by atoms with E-state index in [4.69, 9.17) is 14.2 Å². The van der Waals surface area contributed by atoms with Crippen LogP contribution in [0.3, 0.4) is 0 Å². The first-order valence-corrected chi connectivity index (χ1v) is 17.9. The van der Waals surface area contributed by atoms with Crippen molar-refractivity contribution in [2.24, 2.45) is 17.8 Å². The van der Waals surface area contributed by atoms with Crippen LogP contribution in [0.1, 0.15) is 65.5 Å². The van der Waals surface area contributed by atoms with Crippen molar-refractivity contribution >= 4 is 39.6 Å². The van der Waals surface area contributed by atoms with E-state index in [1.54, 1.807) is 29.2 Å². The fourth-order valence-corrected chi connectivity index (χ4v) is 8.63. The number of aliphatic hydroxyl groups excluding tert-OH is 1. The van der Waals surface area contributed by atoms with Crippen molar-refractivity contribution in [3.05, 3.63) is 61.2 Å². The molecule has 9 atom stereocenters. The lowest BCUT2D eigenvalue weighted by Crippen LogP contribution is -2.62. The molecule has 49 heavy (non-hydrogen) atoms. The quantitative estimate of drug-likeness (QED) is 0.148. The number of alkyl halides is 1. The fourth-order valence-electron chi connectivity index (χ4n) is 7.69. The Hall–Kier alpha value is -3.06. The monoisotopic (exact) mass is 745 g/mol. The molecular formula is C37H52BrN3O8. The minimum Gasteiger partial charge on any atom is -0.455 e. The minimum absolute atomic E-state index is 0.0491. The molecule has 3 aliphatic heterocycles. The zero-order chi connectivity index (χ0) is 36.3. The van der Waals surface area contributed by atoms with Crippen LogP contribution in [0.15, 0.2) is 55.6 Å². The lowest BCUT2D eigenvalue weighted by Gasteiger charge is -2.44. The number of likely N-dealkylation sites (tertiary alicyclic amines) is 1. The second-order valence-electron chi connectivity index (χ2n) is 14.5. The Morgan fingerprint density at radius 2 is 1.88 bits per heavy atom. The molecule has 0 radical (unpaired) electrons. The number of amides is 3. The van der Waals surface area contributed by atoms with E-state index in [1.807, 2.05) is 52.8 Å². The second-order valence-corrected chi connectivity index (χ2v) is 15.7. The molecule has 3 aliphatic rings. The smallest absolute Gasteiger partial charge is 0.313 e. The maximum Gasteiger partial charge on any atom is 0.313 e. The number of nitrogens with one attached hydrogen (secondary N) is 1. The van der Waals surface area contributed by atoms with Gasteiger partial charge >= 0.3 is 5.97 Å². The summed E-state index contributed by atoms with van der Waals surface area (Å²) in [6.45, 7) is 16.9. The molecule has 2 bridgehead atoms. The number of halogens is 1.